The van der Waals surface area contributed by atoms with E-state index in [1.165, 1.54) is 0 Å². The molecular weight excluding hydrogens is 378 g/mol. The molecule has 0 spiro atoms. The number of carboxylic acid groups (broad SMARTS) is 1. The zero-order valence-electron chi connectivity index (χ0n) is 16.7. The molecule has 5 heteroatoms. The van der Waals surface area contributed by atoms with Gasteiger partial charge in [-0.05, 0) is 59.5 Å². The first-order valence-corrected chi connectivity index (χ1v) is 9.77. The van der Waals surface area contributed by atoms with Gasteiger partial charge in [-0.2, -0.15) is 0 Å². The summed E-state index contributed by atoms with van der Waals surface area (Å²) in [5, 5.41) is 10.2. The zero-order chi connectivity index (χ0) is 21.1. The molecule has 0 fully saturated rings. The van der Waals surface area contributed by atoms with Gasteiger partial charge in [-0.3, -0.25) is 4.79 Å². The van der Waals surface area contributed by atoms with E-state index >= 15 is 0 Å². The summed E-state index contributed by atoms with van der Waals surface area (Å²) >= 11 is 0. The average molecular weight is 401 g/mol. The maximum absolute atomic E-state index is 11.2. The topological polar surface area (TPSA) is 85.7 Å². The Bertz CT molecular complexity index is 1210. The lowest BCUT2D eigenvalue weighted by molar-refractivity contribution is -0.136. The molecule has 1 aromatic heterocycles. The molecule has 0 saturated heterocycles. The van der Waals surface area contributed by atoms with Crippen LogP contribution in [0.2, 0.25) is 0 Å². The van der Waals surface area contributed by atoms with Crippen molar-refractivity contribution in [3.05, 3.63) is 89.2 Å². The van der Waals surface area contributed by atoms with E-state index in [0.717, 1.165) is 38.8 Å². The number of hydrogen-bond acceptors (Lipinski definition) is 4. The molecule has 0 amide bonds. The number of aliphatic carboxylic acids is 1. The van der Waals surface area contributed by atoms with Gasteiger partial charge < -0.3 is 20.0 Å². The summed E-state index contributed by atoms with van der Waals surface area (Å²) in [7, 11) is 0. The number of benzene rings is 3. The number of aryl methyl sites for hydroxylation is 1. The number of hydrogen-bond donors (Lipinski definition) is 2. The normalized spacial score (nSPS) is 11.0. The Balaban J connectivity index is 1.68. The van der Waals surface area contributed by atoms with Crippen LogP contribution in [-0.2, 0) is 24.4 Å². The van der Waals surface area contributed by atoms with Gasteiger partial charge in [0, 0.05) is 23.1 Å². The fourth-order valence-corrected chi connectivity index (χ4v) is 3.57. The van der Waals surface area contributed by atoms with E-state index in [0.29, 0.717) is 24.5 Å². The van der Waals surface area contributed by atoms with Crippen LogP contribution in [0.5, 0.6) is 5.75 Å². The molecule has 152 valence electrons. The molecule has 0 aliphatic rings. The van der Waals surface area contributed by atoms with Crippen molar-refractivity contribution in [3.63, 3.8) is 0 Å². The molecule has 0 atom stereocenters. The smallest absolute Gasteiger partial charge is 0.307 e. The number of nitrogens with two attached hydrogens (primary N) is 1. The monoisotopic (exact) mass is 401 g/mol. The number of carbonyl (C=O) groups is 1. The van der Waals surface area contributed by atoms with Gasteiger partial charge in [0.2, 0.25) is 0 Å². The molecule has 4 rings (SSSR count). The summed E-state index contributed by atoms with van der Waals surface area (Å²) < 4.78 is 11.8. The highest BCUT2D eigenvalue weighted by Crippen LogP contribution is 2.32. The van der Waals surface area contributed by atoms with E-state index in [2.05, 4.69) is 6.07 Å². The van der Waals surface area contributed by atoms with Gasteiger partial charge in [-0.25, -0.2) is 0 Å². The highest BCUT2D eigenvalue weighted by molar-refractivity contribution is 5.93. The molecule has 0 radical (unpaired) electrons. The number of furan rings is 1. The summed E-state index contributed by atoms with van der Waals surface area (Å²) in [6, 6.07) is 19.7. The third-order valence-electron chi connectivity index (χ3n) is 5.04. The lowest BCUT2D eigenvalue weighted by Crippen LogP contribution is -2.04. The van der Waals surface area contributed by atoms with Crippen molar-refractivity contribution in [1.82, 2.24) is 0 Å². The number of carboxylic acids is 1. The van der Waals surface area contributed by atoms with Gasteiger partial charge in [0.25, 0.3) is 0 Å². The van der Waals surface area contributed by atoms with Crippen LogP contribution >= 0.6 is 0 Å². The van der Waals surface area contributed by atoms with E-state index in [1.54, 1.807) is 6.26 Å². The standard InChI is InChI=1S/C25H23NO4/c1-16-5-6-20(13-24(27)28)23(9-16)30-15-18-11-21-7-8-29-25(21)22(12-18)19-4-2-3-17(10-19)14-26/h2-12H,13-15,26H2,1H3,(H,27,28). The molecule has 5 nitrogen and oxygen atoms in total. The molecule has 30 heavy (non-hydrogen) atoms. The lowest BCUT2D eigenvalue weighted by atomic mass is 9.99. The predicted molar refractivity (Wildman–Crippen MR) is 116 cm³/mol. The number of ether oxygens (including phenoxy) is 1. The zero-order valence-corrected chi connectivity index (χ0v) is 16.7. The van der Waals surface area contributed by atoms with Crippen LogP contribution < -0.4 is 10.5 Å². The Labute approximate surface area is 174 Å². The van der Waals surface area contributed by atoms with E-state index < -0.39 is 5.97 Å². The summed E-state index contributed by atoms with van der Waals surface area (Å²) in [5.41, 5.74) is 12.3. The quantitative estimate of drug-likeness (QED) is 0.451. The minimum Gasteiger partial charge on any atom is -0.489 e. The van der Waals surface area contributed by atoms with Crippen LogP contribution in [0, 0.1) is 6.92 Å². The summed E-state index contributed by atoms with van der Waals surface area (Å²) in [6.45, 7) is 2.75. The molecule has 0 aliphatic heterocycles. The van der Waals surface area contributed by atoms with Crippen LogP contribution in [0.25, 0.3) is 22.1 Å². The van der Waals surface area contributed by atoms with Crippen LogP contribution in [-0.4, -0.2) is 11.1 Å². The Kier molecular flexibility index (Phi) is 5.55. The fourth-order valence-electron chi connectivity index (χ4n) is 3.57. The third-order valence-corrected chi connectivity index (χ3v) is 5.04. The van der Waals surface area contributed by atoms with Crippen molar-refractivity contribution in [3.8, 4) is 16.9 Å². The van der Waals surface area contributed by atoms with Gasteiger partial charge in [0.05, 0.1) is 12.7 Å². The fraction of sp³-hybridized carbons (Fsp3) is 0.160. The second kappa shape index (κ2) is 8.43. The molecule has 0 aliphatic carbocycles. The number of rotatable bonds is 7. The van der Waals surface area contributed by atoms with Crippen LogP contribution in [0.1, 0.15) is 22.3 Å². The van der Waals surface area contributed by atoms with E-state index in [9.17, 15) is 9.90 Å². The maximum atomic E-state index is 11.2. The molecule has 0 unspecified atom stereocenters. The highest BCUT2D eigenvalue weighted by atomic mass is 16.5. The van der Waals surface area contributed by atoms with Gasteiger partial charge in [-0.15, -0.1) is 0 Å². The molecule has 4 aromatic rings. The van der Waals surface area contributed by atoms with Crippen molar-refractivity contribution in [2.75, 3.05) is 0 Å². The largest absolute Gasteiger partial charge is 0.489 e. The minimum absolute atomic E-state index is 0.0759. The van der Waals surface area contributed by atoms with Gasteiger partial charge in [-0.1, -0.05) is 30.3 Å². The minimum atomic E-state index is -0.884. The van der Waals surface area contributed by atoms with Crippen LogP contribution in [0.4, 0.5) is 0 Å². The summed E-state index contributed by atoms with van der Waals surface area (Å²) in [6.07, 6.45) is 1.60. The molecule has 1 heterocycles. The molecular formula is C25H23NO4. The Morgan fingerprint density at radius 3 is 2.73 bits per heavy atom. The Hall–Kier alpha value is -3.57. The summed E-state index contributed by atoms with van der Waals surface area (Å²) in [5.74, 6) is -0.290. The molecule has 3 aromatic carbocycles. The van der Waals surface area contributed by atoms with Crippen LogP contribution in [0.15, 0.2) is 71.3 Å². The predicted octanol–water partition coefficient (Wildman–Crippen LogP) is 5.07. The van der Waals surface area contributed by atoms with Gasteiger partial charge >= 0.3 is 5.97 Å². The second-order valence-electron chi connectivity index (χ2n) is 7.36. The first kappa shape index (κ1) is 19.7. The summed E-state index contributed by atoms with van der Waals surface area (Å²) in [4.78, 5) is 11.2. The maximum Gasteiger partial charge on any atom is 0.307 e. The highest BCUT2D eigenvalue weighted by Gasteiger charge is 2.12. The van der Waals surface area contributed by atoms with E-state index in [1.807, 2.05) is 61.5 Å². The van der Waals surface area contributed by atoms with Crippen molar-refractivity contribution in [2.45, 2.75) is 26.5 Å². The van der Waals surface area contributed by atoms with Crippen molar-refractivity contribution < 1.29 is 19.1 Å². The lowest BCUT2D eigenvalue weighted by Gasteiger charge is -2.13. The molecule has 0 saturated carbocycles. The van der Waals surface area contributed by atoms with Gasteiger partial charge in [0.15, 0.2) is 0 Å². The van der Waals surface area contributed by atoms with Crippen molar-refractivity contribution >= 4 is 16.9 Å². The van der Waals surface area contributed by atoms with Crippen molar-refractivity contribution in [2.24, 2.45) is 5.73 Å². The van der Waals surface area contributed by atoms with E-state index in [-0.39, 0.29) is 6.42 Å². The van der Waals surface area contributed by atoms with Gasteiger partial charge in [0.1, 0.15) is 17.9 Å². The molecule has 0 bridgehead atoms. The SMILES string of the molecule is Cc1ccc(CC(=O)O)c(OCc2cc(-c3cccc(CN)c3)c3occc3c2)c1. The first-order chi connectivity index (χ1) is 14.5. The first-order valence-electron chi connectivity index (χ1n) is 9.77. The Morgan fingerprint density at radius 1 is 1.07 bits per heavy atom. The third kappa shape index (κ3) is 4.21. The molecule has 3 N–H and O–H groups in total. The second-order valence-corrected chi connectivity index (χ2v) is 7.36. The Morgan fingerprint density at radius 2 is 1.93 bits per heavy atom. The van der Waals surface area contributed by atoms with Crippen LogP contribution in [0.3, 0.4) is 0 Å². The van der Waals surface area contributed by atoms with E-state index in [4.69, 9.17) is 14.9 Å². The van der Waals surface area contributed by atoms with Crippen molar-refractivity contribution in [1.29, 1.82) is 0 Å². The average Bonchev–Trinajstić information content (AvgIpc) is 3.21. The number of fused-ring (bicyclic) bond motifs is 1.